The van der Waals surface area contributed by atoms with Crippen molar-refractivity contribution in [3.63, 3.8) is 0 Å². The van der Waals surface area contributed by atoms with Gasteiger partial charge >= 0.3 is 6.09 Å². The molecule has 2 rings (SSSR count). The molecule has 0 aromatic heterocycles. The Kier molecular flexibility index (Phi) is 3.47. The van der Waals surface area contributed by atoms with Crippen LogP contribution in [0.5, 0.6) is 0 Å². The molecule has 2 atom stereocenters. The lowest BCUT2D eigenvalue weighted by Crippen LogP contribution is -2.37. The van der Waals surface area contributed by atoms with E-state index in [0.29, 0.717) is 18.5 Å². The Labute approximate surface area is 103 Å². The number of benzene rings is 1. The van der Waals surface area contributed by atoms with Crippen molar-refractivity contribution in [2.24, 2.45) is 0 Å². The number of hydrogen-bond acceptors (Lipinski definition) is 2. The maximum Gasteiger partial charge on any atom is 0.409 e. The number of ether oxygens (including phenoxy) is 1. The summed E-state index contributed by atoms with van der Waals surface area (Å²) >= 11 is 0. The fraction of sp³-hybridized carbons (Fsp3) is 0.417. The summed E-state index contributed by atoms with van der Waals surface area (Å²) < 4.78 is 31.2. The molecule has 0 bridgehead atoms. The topological polar surface area (TPSA) is 49.8 Å². The molecule has 1 heterocycles. The van der Waals surface area contributed by atoms with Crippen LogP contribution in [-0.4, -0.2) is 36.0 Å². The number of likely N-dealkylation sites (tertiary alicyclic amines) is 1. The van der Waals surface area contributed by atoms with Crippen LogP contribution in [0.25, 0.3) is 0 Å². The Morgan fingerprint density at radius 2 is 2.17 bits per heavy atom. The van der Waals surface area contributed by atoms with Crippen molar-refractivity contribution in [1.29, 1.82) is 0 Å². The predicted octanol–water partition coefficient (Wildman–Crippen LogP) is 2.40. The molecule has 0 spiro atoms. The minimum absolute atomic E-state index is 0.277. The van der Waals surface area contributed by atoms with Gasteiger partial charge < -0.3 is 9.84 Å². The third-order valence-electron chi connectivity index (χ3n) is 3.19. The smallest absolute Gasteiger partial charge is 0.409 e. The first kappa shape index (κ1) is 12.8. The quantitative estimate of drug-likeness (QED) is 0.885. The molecular formula is C12H13F2NO3. The number of amides is 1. The third-order valence-corrected chi connectivity index (χ3v) is 3.19. The number of carbonyl (C=O) groups is 1. The number of methoxy groups -OCH3 is 1. The molecule has 1 aliphatic rings. The van der Waals surface area contributed by atoms with E-state index in [1.807, 2.05) is 0 Å². The van der Waals surface area contributed by atoms with E-state index in [1.54, 1.807) is 0 Å². The van der Waals surface area contributed by atoms with E-state index in [1.165, 1.54) is 13.2 Å². The van der Waals surface area contributed by atoms with Crippen LogP contribution < -0.4 is 0 Å². The maximum atomic E-state index is 13.2. The van der Waals surface area contributed by atoms with E-state index < -0.39 is 24.0 Å². The van der Waals surface area contributed by atoms with Gasteiger partial charge in [-0.2, -0.15) is 0 Å². The second-order valence-electron chi connectivity index (χ2n) is 4.17. The van der Waals surface area contributed by atoms with Crippen LogP contribution in [0.1, 0.15) is 17.9 Å². The van der Waals surface area contributed by atoms with Crippen LogP contribution in [0.15, 0.2) is 18.2 Å². The van der Waals surface area contributed by atoms with Gasteiger partial charge in [-0.1, -0.05) is 6.07 Å². The zero-order chi connectivity index (χ0) is 13.3. The second-order valence-corrected chi connectivity index (χ2v) is 4.17. The molecule has 0 aliphatic carbocycles. The van der Waals surface area contributed by atoms with E-state index in [4.69, 9.17) is 9.84 Å². The molecule has 18 heavy (non-hydrogen) atoms. The predicted molar refractivity (Wildman–Crippen MR) is 59.2 cm³/mol. The molecule has 0 radical (unpaired) electrons. The molecule has 1 N–H and O–H groups in total. The summed E-state index contributed by atoms with van der Waals surface area (Å²) in [5.41, 5.74) is 0.546. The summed E-state index contributed by atoms with van der Waals surface area (Å²) in [6.45, 7) is 0.317. The van der Waals surface area contributed by atoms with Gasteiger partial charge in [-0.3, -0.25) is 4.90 Å². The molecule has 1 aromatic carbocycles. The fourth-order valence-electron chi connectivity index (χ4n) is 2.34. The largest absolute Gasteiger partial charge is 0.465 e. The standard InChI is InChI=1S/C12H13F2NO3/c1-18-11-8(4-5-15(11)12(16)17)7-2-3-9(13)10(14)6-7/h2-3,6,8,11H,4-5H2,1H3,(H,16,17)/t8?,11-/m0/s1. The molecule has 4 nitrogen and oxygen atoms in total. The van der Waals surface area contributed by atoms with Crippen molar-refractivity contribution in [3.05, 3.63) is 35.4 Å². The molecular weight excluding hydrogens is 244 g/mol. The summed E-state index contributed by atoms with van der Waals surface area (Å²) in [6, 6.07) is 3.60. The van der Waals surface area contributed by atoms with Crippen LogP contribution >= 0.6 is 0 Å². The van der Waals surface area contributed by atoms with Gasteiger partial charge in [0.15, 0.2) is 11.6 Å². The Hall–Kier alpha value is -1.69. The summed E-state index contributed by atoms with van der Waals surface area (Å²) in [6.07, 6.45) is -1.21. The fourth-order valence-corrected chi connectivity index (χ4v) is 2.34. The SMILES string of the molecule is CO[C@H]1C(c2ccc(F)c(F)c2)CCN1C(=O)O. The van der Waals surface area contributed by atoms with Crippen molar-refractivity contribution in [2.45, 2.75) is 18.6 Å². The Bertz CT molecular complexity index is 467. The Balaban J connectivity index is 2.27. The van der Waals surface area contributed by atoms with Crippen molar-refractivity contribution in [3.8, 4) is 0 Å². The highest BCUT2D eigenvalue weighted by Crippen LogP contribution is 2.34. The molecule has 98 valence electrons. The second kappa shape index (κ2) is 4.89. The van der Waals surface area contributed by atoms with Crippen molar-refractivity contribution in [2.75, 3.05) is 13.7 Å². The van der Waals surface area contributed by atoms with Gasteiger partial charge in [-0.05, 0) is 24.1 Å². The average Bonchev–Trinajstić information content (AvgIpc) is 2.76. The van der Waals surface area contributed by atoms with Crippen LogP contribution in [0, 0.1) is 11.6 Å². The van der Waals surface area contributed by atoms with Crippen LogP contribution in [0.3, 0.4) is 0 Å². The molecule has 1 aromatic rings. The zero-order valence-electron chi connectivity index (χ0n) is 9.77. The molecule has 0 saturated carbocycles. The Morgan fingerprint density at radius 3 is 2.72 bits per heavy atom. The molecule has 1 unspecified atom stereocenters. The van der Waals surface area contributed by atoms with Crippen molar-refractivity contribution >= 4 is 6.09 Å². The zero-order valence-corrected chi connectivity index (χ0v) is 9.77. The average molecular weight is 257 g/mol. The van der Waals surface area contributed by atoms with E-state index >= 15 is 0 Å². The van der Waals surface area contributed by atoms with Crippen LogP contribution in [0.4, 0.5) is 13.6 Å². The van der Waals surface area contributed by atoms with E-state index in [2.05, 4.69) is 0 Å². The van der Waals surface area contributed by atoms with Crippen molar-refractivity contribution in [1.82, 2.24) is 4.90 Å². The highest BCUT2D eigenvalue weighted by atomic mass is 19.2. The number of hydrogen-bond donors (Lipinski definition) is 1. The van der Waals surface area contributed by atoms with Gasteiger partial charge in [0, 0.05) is 19.6 Å². The van der Waals surface area contributed by atoms with E-state index in [-0.39, 0.29) is 5.92 Å². The first-order valence-corrected chi connectivity index (χ1v) is 5.52. The van der Waals surface area contributed by atoms with Crippen LogP contribution in [-0.2, 0) is 4.74 Å². The number of carboxylic acid groups (broad SMARTS) is 1. The molecule has 1 aliphatic heterocycles. The molecule has 6 heteroatoms. The lowest BCUT2D eigenvalue weighted by Gasteiger charge is -2.24. The van der Waals surface area contributed by atoms with E-state index in [0.717, 1.165) is 17.0 Å². The number of halogens is 2. The maximum absolute atomic E-state index is 13.2. The number of rotatable bonds is 2. The summed E-state index contributed by atoms with van der Waals surface area (Å²) in [5.74, 6) is -2.13. The van der Waals surface area contributed by atoms with Gasteiger partial charge in [-0.25, -0.2) is 13.6 Å². The molecule has 1 amide bonds. The summed E-state index contributed by atoms with van der Waals surface area (Å²) in [5, 5.41) is 8.99. The minimum atomic E-state index is -1.08. The van der Waals surface area contributed by atoms with Gasteiger partial charge in [0.25, 0.3) is 0 Å². The van der Waals surface area contributed by atoms with Gasteiger partial charge in [0.2, 0.25) is 0 Å². The highest BCUT2D eigenvalue weighted by Gasteiger charge is 2.38. The van der Waals surface area contributed by atoms with Crippen LogP contribution in [0.2, 0.25) is 0 Å². The third kappa shape index (κ3) is 2.15. The lowest BCUT2D eigenvalue weighted by molar-refractivity contribution is -0.00538. The first-order valence-electron chi connectivity index (χ1n) is 5.52. The molecule has 1 fully saturated rings. The van der Waals surface area contributed by atoms with Gasteiger partial charge in [0.1, 0.15) is 6.23 Å². The minimum Gasteiger partial charge on any atom is -0.465 e. The van der Waals surface area contributed by atoms with Gasteiger partial charge in [-0.15, -0.1) is 0 Å². The highest BCUT2D eigenvalue weighted by molar-refractivity contribution is 5.66. The van der Waals surface area contributed by atoms with Crippen molar-refractivity contribution < 1.29 is 23.4 Å². The first-order chi connectivity index (χ1) is 8.54. The number of nitrogens with zero attached hydrogens (tertiary/aromatic N) is 1. The van der Waals surface area contributed by atoms with E-state index in [9.17, 15) is 13.6 Å². The Morgan fingerprint density at radius 1 is 1.44 bits per heavy atom. The molecule has 1 saturated heterocycles. The summed E-state index contributed by atoms with van der Waals surface area (Å²) in [4.78, 5) is 12.1. The normalized spacial score (nSPS) is 23.4. The summed E-state index contributed by atoms with van der Waals surface area (Å²) in [7, 11) is 1.40. The monoisotopic (exact) mass is 257 g/mol. The lowest BCUT2D eigenvalue weighted by atomic mass is 9.97. The van der Waals surface area contributed by atoms with Gasteiger partial charge in [0.05, 0.1) is 0 Å².